The van der Waals surface area contributed by atoms with E-state index < -0.39 is 0 Å². The lowest BCUT2D eigenvalue weighted by Gasteiger charge is -1.98. The summed E-state index contributed by atoms with van der Waals surface area (Å²) in [5.74, 6) is -0.0403. The van der Waals surface area contributed by atoms with E-state index in [0.29, 0.717) is 0 Å². The molecule has 0 saturated heterocycles. The first-order valence-electron chi connectivity index (χ1n) is 3.98. The molecule has 0 aliphatic heterocycles. The maximum absolute atomic E-state index is 5.16. The van der Waals surface area contributed by atoms with Gasteiger partial charge in [-0.3, -0.25) is 0 Å². The van der Waals surface area contributed by atoms with Crippen molar-refractivity contribution in [2.75, 3.05) is 0 Å². The van der Waals surface area contributed by atoms with E-state index in [1.54, 1.807) is 0 Å². The van der Waals surface area contributed by atoms with Crippen molar-refractivity contribution in [2.24, 2.45) is 21.7 Å². The summed E-state index contributed by atoms with van der Waals surface area (Å²) >= 11 is 3.35. The van der Waals surface area contributed by atoms with Crippen molar-refractivity contribution in [2.45, 2.75) is 6.92 Å². The van der Waals surface area contributed by atoms with Gasteiger partial charge in [-0.1, -0.05) is 28.1 Å². The SMILES string of the molecule is CC(=NN=C(N)N)c1ccc(Br)cc1.Cl. The van der Waals surface area contributed by atoms with Gasteiger partial charge < -0.3 is 11.5 Å². The van der Waals surface area contributed by atoms with Crippen LogP contribution in [-0.2, 0) is 0 Å². The van der Waals surface area contributed by atoms with Crippen LogP contribution in [0.5, 0.6) is 0 Å². The first kappa shape index (κ1) is 13.9. The number of nitrogens with zero attached hydrogens (tertiary/aromatic N) is 2. The average molecular weight is 292 g/mol. The Morgan fingerprint density at radius 2 is 1.67 bits per heavy atom. The molecule has 0 spiro atoms. The van der Waals surface area contributed by atoms with Crippen molar-refractivity contribution in [3.8, 4) is 0 Å². The van der Waals surface area contributed by atoms with Gasteiger partial charge in [0, 0.05) is 4.47 Å². The summed E-state index contributed by atoms with van der Waals surface area (Å²) in [6, 6.07) is 7.74. The molecule has 0 aliphatic carbocycles. The standard InChI is InChI=1S/C9H11BrN4.ClH/c1-6(13-14-9(11)12)7-2-4-8(10)5-3-7;/h2-5H,1H3,(H4,11,12,14);1H. The number of benzene rings is 1. The van der Waals surface area contributed by atoms with E-state index in [1.165, 1.54) is 0 Å². The zero-order valence-corrected chi connectivity index (χ0v) is 10.5. The Labute approximate surface area is 103 Å². The molecule has 1 rings (SSSR count). The van der Waals surface area contributed by atoms with Crippen LogP contribution in [0.25, 0.3) is 0 Å². The smallest absolute Gasteiger partial charge is 0.211 e. The first-order chi connectivity index (χ1) is 6.59. The van der Waals surface area contributed by atoms with Gasteiger partial charge in [0.25, 0.3) is 0 Å². The molecule has 0 aromatic heterocycles. The number of hydrogen-bond acceptors (Lipinski definition) is 2. The number of rotatable bonds is 2. The Bertz CT molecular complexity index is 368. The van der Waals surface area contributed by atoms with Crippen LogP contribution in [0.2, 0.25) is 0 Å². The van der Waals surface area contributed by atoms with Crippen molar-refractivity contribution in [3.05, 3.63) is 34.3 Å². The third kappa shape index (κ3) is 4.80. The summed E-state index contributed by atoms with van der Waals surface area (Å²) in [6.45, 7) is 1.84. The summed E-state index contributed by atoms with van der Waals surface area (Å²) in [6.07, 6.45) is 0. The molecule has 0 saturated carbocycles. The fraction of sp³-hybridized carbons (Fsp3) is 0.111. The van der Waals surface area contributed by atoms with Gasteiger partial charge in [-0.15, -0.1) is 17.5 Å². The second kappa shape index (κ2) is 6.42. The molecule has 0 unspecified atom stereocenters. The Morgan fingerprint density at radius 3 is 2.13 bits per heavy atom. The second-order valence-corrected chi connectivity index (χ2v) is 3.63. The molecule has 0 atom stereocenters. The summed E-state index contributed by atoms with van der Waals surface area (Å²) in [4.78, 5) is 0. The molecule has 15 heavy (non-hydrogen) atoms. The van der Waals surface area contributed by atoms with Gasteiger partial charge in [0.05, 0.1) is 5.71 Å². The van der Waals surface area contributed by atoms with Crippen LogP contribution in [-0.4, -0.2) is 11.7 Å². The molecule has 0 heterocycles. The molecule has 0 aliphatic rings. The van der Waals surface area contributed by atoms with Crippen LogP contribution in [0.1, 0.15) is 12.5 Å². The van der Waals surface area contributed by atoms with Gasteiger partial charge in [-0.25, -0.2) is 0 Å². The second-order valence-electron chi connectivity index (χ2n) is 2.72. The Hall–Kier alpha value is -1.07. The van der Waals surface area contributed by atoms with Gasteiger partial charge in [0.15, 0.2) is 0 Å². The fourth-order valence-corrected chi connectivity index (χ4v) is 1.15. The van der Waals surface area contributed by atoms with Gasteiger partial charge >= 0.3 is 0 Å². The fourth-order valence-electron chi connectivity index (χ4n) is 0.882. The van der Waals surface area contributed by atoms with E-state index in [4.69, 9.17) is 11.5 Å². The summed E-state index contributed by atoms with van der Waals surface area (Å²) in [5.41, 5.74) is 12.1. The molecular weight excluding hydrogens is 279 g/mol. The molecule has 0 amide bonds. The number of guanidine groups is 1. The van der Waals surface area contributed by atoms with E-state index in [-0.39, 0.29) is 18.4 Å². The van der Waals surface area contributed by atoms with Crippen LogP contribution in [0.4, 0.5) is 0 Å². The minimum absolute atomic E-state index is 0. The quantitative estimate of drug-likeness (QED) is 0.496. The van der Waals surface area contributed by atoms with E-state index in [2.05, 4.69) is 26.1 Å². The molecule has 6 heteroatoms. The molecule has 1 aromatic carbocycles. The molecule has 4 nitrogen and oxygen atoms in total. The predicted molar refractivity (Wildman–Crippen MR) is 69.4 cm³/mol. The Morgan fingerprint density at radius 1 is 1.13 bits per heavy atom. The summed E-state index contributed by atoms with van der Waals surface area (Å²) in [5, 5.41) is 7.43. The molecule has 0 fully saturated rings. The predicted octanol–water partition coefficient (Wildman–Crippen LogP) is 1.87. The highest BCUT2D eigenvalue weighted by atomic mass is 79.9. The van der Waals surface area contributed by atoms with Crippen molar-refractivity contribution >= 4 is 40.0 Å². The first-order valence-corrected chi connectivity index (χ1v) is 4.78. The van der Waals surface area contributed by atoms with Crippen LogP contribution in [0.15, 0.2) is 38.9 Å². The molecule has 1 aromatic rings. The lowest BCUT2D eigenvalue weighted by atomic mass is 10.1. The number of halogens is 2. The van der Waals surface area contributed by atoms with Crippen LogP contribution in [0, 0.1) is 0 Å². The van der Waals surface area contributed by atoms with Crippen LogP contribution >= 0.6 is 28.3 Å². The molecule has 0 bridgehead atoms. The minimum Gasteiger partial charge on any atom is -0.369 e. The Kier molecular flexibility index (Phi) is 5.96. The van der Waals surface area contributed by atoms with Gasteiger partial charge in [0.2, 0.25) is 5.96 Å². The zero-order chi connectivity index (χ0) is 10.6. The minimum atomic E-state index is -0.0403. The van der Waals surface area contributed by atoms with Crippen LogP contribution in [0.3, 0.4) is 0 Å². The normalized spacial score (nSPS) is 10.4. The highest BCUT2D eigenvalue weighted by Crippen LogP contribution is 2.11. The largest absolute Gasteiger partial charge is 0.369 e. The summed E-state index contributed by atoms with van der Waals surface area (Å²) < 4.78 is 1.02. The lowest BCUT2D eigenvalue weighted by molar-refractivity contribution is 1.20. The van der Waals surface area contributed by atoms with E-state index in [9.17, 15) is 0 Å². The van der Waals surface area contributed by atoms with Crippen molar-refractivity contribution in [1.29, 1.82) is 0 Å². The monoisotopic (exact) mass is 290 g/mol. The van der Waals surface area contributed by atoms with E-state index in [1.807, 2.05) is 31.2 Å². The highest BCUT2D eigenvalue weighted by molar-refractivity contribution is 9.10. The van der Waals surface area contributed by atoms with E-state index in [0.717, 1.165) is 15.7 Å². The highest BCUT2D eigenvalue weighted by Gasteiger charge is 1.96. The number of hydrogen-bond donors (Lipinski definition) is 2. The third-order valence-corrected chi connectivity index (χ3v) is 2.11. The number of nitrogens with two attached hydrogens (primary N) is 2. The maximum Gasteiger partial charge on any atom is 0.211 e. The zero-order valence-electron chi connectivity index (χ0n) is 8.14. The van der Waals surface area contributed by atoms with Gasteiger partial charge in [-0.2, -0.15) is 5.10 Å². The molecule has 82 valence electrons. The summed E-state index contributed by atoms with van der Waals surface area (Å²) in [7, 11) is 0. The lowest BCUT2D eigenvalue weighted by Crippen LogP contribution is -2.22. The van der Waals surface area contributed by atoms with Crippen molar-refractivity contribution < 1.29 is 0 Å². The topological polar surface area (TPSA) is 76.8 Å². The molecule has 4 N–H and O–H groups in total. The molecular formula is C9H12BrClN4. The Balaban J connectivity index is 0.00000196. The van der Waals surface area contributed by atoms with Crippen molar-refractivity contribution in [3.63, 3.8) is 0 Å². The van der Waals surface area contributed by atoms with Gasteiger partial charge in [0.1, 0.15) is 0 Å². The van der Waals surface area contributed by atoms with Crippen molar-refractivity contribution in [1.82, 2.24) is 0 Å². The van der Waals surface area contributed by atoms with Gasteiger partial charge in [-0.05, 0) is 24.6 Å². The average Bonchev–Trinajstić information content (AvgIpc) is 2.15. The third-order valence-electron chi connectivity index (χ3n) is 1.58. The van der Waals surface area contributed by atoms with Crippen LogP contribution < -0.4 is 11.5 Å². The van der Waals surface area contributed by atoms with E-state index >= 15 is 0 Å². The molecule has 0 radical (unpaired) electrons. The maximum atomic E-state index is 5.16.